The first-order valence-corrected chi connectivity index (χ1v) is 15.7. The van der Waals surface area contributed by atoms with Gasteiger partial charge in [0.15, 0.2) is 4.80 Å². The molecule has 0 aliphatic carbocycles. The lowest BCUT2D eigenvalue weighted by molar-refractivity contribution is -0.139. The topological polar surface area (TPSA) is 79.1 Å². The molecule has 5 rings (SSSR count). The van der Waals surface area contributed by atoms with Crippen molar-refractivity contribution in [2.45, 2.75) is 26.5 Å². The molecule has 0 unspecified atom stereocenters. The second-order valence-corrected chi connectivity index (χ2v) is 12.5. The maximum absolute atomic E-state index is 13.9. The summed E-state index contributed by atoms with van der Waals surface area (Å²) in [6.07, 6.45) is 1.81. The molecule has 0 fully saturated rings. The number of benzene rings is 3. The Kier molecular flexibility index (Phi) is 9.37. The lowest BCUT2D eigenvalue weighted by atomic mass is 9.96. The molecule has 1 aliphatic rings. The van der Waals surface area contributed by atoms with E-state index in [0.29, 0.717) is 48.2 Å². The number of hydrogen-bond donors (Lipinski definition) is 0. The SMILES string of the molecule is CCOC(=O)C1=C(C)N=c2s/c(=C/c3ccc(OCc4ccc(Cl)cc4)c(Br)c3)c(=O)n2[C@H]1c1ccc(OC)c(Br)c1. The van der Waals surface area contributed by atoms with Crippen LogP contribution in [0, 0.1) is 0 Å². The van der Waals surface area contributed by atoms with E-state index in [2.05, 4.69) is 36.9 Å². The van der Waals surface area contributed by atoms with E-state index in [9.17, 15) is 9.59 Å². The number of allylic oxidation sites excluding steroid dienone is 1. The summed E-state index contributed by atoms with van der Waals surface area (Å²) >= 11 is 14.4. The predicted molar refractivity (Wildman–Crippen MR) is 171 cm³/mol. The number of rotatable bonds is 8. The summed E-state index contributed by atoms with van der Waals surface area (Å²) < 4.78 is 20.2. The van der Waals surface area contributed by atoms with Gasteiger partial charge in [-0.05, 0) is 105 Å². The molecule has 2 heterocycles. The fourth-order valence-electron chi connectivity index (χ4n) is 4.58. The molecular weight excluding hydrogens is 708 g/mol. The number of esters is 1. The highest BCUT2D eigenvalue weighted by atomic mass is 79.9. The van der Waals surface area contributed by atoms with Gasteiger partial charge in [0.25, 0.3) is 5.56 Å². The van der Waals surface area contributed by atoms with Crippen LogP contribution in [0.25, 0.3) is 6.08 Å². The second kappa shape index (κ2) is 13.0. The molecule has 1 aliphatic heterocycles. The fourth-order valence-corrected chi connectivity index (χ4v) is 6.82. The number of nitrogens with zero attached hydrogens (tertiary/aromatic N) is 2. The number of ether oxygens (including phenoxy) is 3. The van der Waals surface area contributed by atoms with Gasteiger partial charge in [0.1, 0.15) is 18.1 Å². The Hall–Kier alpha value is -3.18. The Morgan fingerprint density at radius 2 is 1.79 bits per heavy atom. The summed E-state index contributed by atoms with van der Waals surface area (Å²) in [5.41, 5.74) is 3.08. The normalized spacial score (nSPS) is 14.8. The van der Waals surface area contributed by atoms with Gasteiger partial charge in [0.05, 0.1) is 44.5 Å². The average Bonchev–Trinajstić information content (AvgIpc) is 3.26. The highest BCUT2D eigenvalue weighted by Crippen LogP contribution is 2.35. The van der Waals surface area contributed by atoms with Crippen molar-refractivity contribution in [2.75, 3.05) is 13.7 Å². The van der Waals surface area contributed by atoms with E-state index < -0.39 is 12.0 Å². The third kappa shape index (κ3) is 6.27. The zero-order valence-electron chi connectivity index (χ0n) is 22.8. The molecule has 42 heavy (non-hydrogen) atoms. The minimum atomic E-state index is -0.722. The molecule has 4 aromatic rings. The number of halogens is 3. The summed E-state index contributed by atoms with van der Waals surface area (Å²) in [6, 6.07) is 17.9. The van der Waals surface area contributed by atoms with Crippen LogP contribution in [0.15, 0.2) is 90.7 Å². The largest absolute Gasteiger partial charge is 0.496 e. The molecule has 0 N–H and O–H groups in total. The summed E-state index contributed by atoms with van der Waals surface area (Å²) in [7, 11) is 1.58. The van der Waals surface area contributed by atoms with Crippen molar-refractivity contribution in [1.29, 1.82) is 0 Å². The van der Waals surface area contributed by atoms with E-state index in [0.717, 1.165) is 21.2 Å². The summed E-state index contributed by atoms with van der Waals surface area (Å²) in [4.78, 5) is 32.2. The molecule has 11 heteroatoms. The van der Waals surface area contributed by atoms with E-state index in [-0.39, 0.29) is 12.2 Å². The predicted octanol–water partition coefficient (Wildman–Crippen LogP) is 6.56. The molecular formula is C31H25Br2ClN2O5S. The first-order chi connectivity index (χ1) is 20.2. The Balaban J connectivity index is 1.53. The van der Waals surface area contributed by atoms with Gasteiger partial charge in [-0.15, -0.1) is 0 Å². The first-order valence-electron chi connectivity index (χ1n) is 12.9. The highest BCUT2D eigenvalue weighted by Gasteiger charge is 2.33. The van der Waals surface area contributed by atoms with E-state index in [1.165, 1.54) is 11.3 Å². The van der Waals surface area contributed by atoms with Gasteiger partial charge in [0.2, 0.25) is 0 Å². The molecule has 0 saturated heterocycles. The number of carbonyl (C=O) groups excluding carboxylic acids is 1. The van der Waals surface area contributed by atoms with Crippen LogP contribution in [0.2, 0.25) is 5.02 Å². The second-order valence-electron chi connectivity index (χ2n) is 9.30. The molecule has 1 aromatic heterocycles. The van der Waals surface area contributed by atoms with Crippen LogP contribution in [0.3, 0.4) is 0 Å². The lowest BCUT2D eigenvalue weighted by Crippen LogP contribution is -2.39. The third-order valence-electron chi connectivity index (χ3n) is 6.57. The minimum Gasteiger partial charge on any atom is -0.496 e. The monoisotopic (exact) mass is 730 g/mol. The van der Waals surface area contributed by atoms with Crippen LogP contribution in [0.1, 0.15) is 36.6 Å². The van der Waals surface area contributed by atoms with Crippen LogP contribution >= 0.6 is 54.8 Å². The van der Waals surface area contributed by atoms with Gasteiger partial charge in [-0.25, -0.2) is 9.79 Å². The average molecular weight is 733 g/mol. The Labute approximate surface area is 268 Å². The number of thiazole rings is 1. The molecule has 216 valence electrons. The standard InChI is InChI=1S/C31H25Br2ClN2O5S/c1-4-40-30(38)27-17(2)35-31-36(28(27)20-8-12-24(39-3)23(33)15-20)29(37)26(42-31)14-19-7-11-25(22(32)13-19)41-16-18-5-9-21(34)10-6-18/h5-15,28H,4,16H2,1-3H3/b26-14+/t28-/m0/s1. The Bertz CT molecular complexity index is 1880. The fraction of sp³-hybridized carbons (Fsp3) is 0.194. The van der Waals surface area contributed by atoms with E-state index >= 15 is 0 Å². The van der Waals surface area contributed by atoms with E-state index in [1.807, 2.05) is 60.7 Å². The van der Waals surface area contributed by atoms with Crippen LogP contribution in [-0.2, 0) is 16.1 Å². The van der Waals surface area contributed by atoms with Crippen molar-refractivity contribution in [3.63, 3.8) is 0 Å². The number of fused-ring (bicyclic) bond motifs is 1. The van der Waals surface area contributed by atoms with Gasteiger partial charge in [-0.2, -0.15) is 0 Å². The smallest absolute Gasteiger partial charge is 0.338 e. The van der Waals surface area contributed by atoms with Crippen molar-refractivity contribution >= 4 is 66.8 Å². The minimum absolute atomic E-state index is 0.202. The van der Waals surface area contributed by atoms with Gasteiger partial charge >= 0.3 is 5.97 Å². The lowest BCUT2D eigenvalue weighted by Gasteiger charge is -2.25. The molecule has 3 aromatic carbocycles. The van der Waals surface area contributed by atoms with Gasteiger partial charge in [-0.3, -0.25) is 9.36 Å². The summed E-state index contributed by atoms with van der Waals surface area (Å²) in [5, 5.41) is 0.671. The summed E-state index contributed by atoms with van der Waals surface area (Å²) in [6.45, 7) is 4.09. The maximum Gasteiger partial charge on any atom is 0.338 e. The number of carbonyl (C=O) groups is 1. The summed E-state index contributed by atoms with van der Waals surface area (Å²) in [5.74, 6) is 0.794. The van der Waals surface area contributed by atoms with Crippen molar-refractivity contribution < 1.29 is 19.0 Å². The van der Waals surface area contributed by atoms with Gasteiger partial charge < -0.3 is 14.2 Å². The molecule has 0 bridgehead atoms. The van der Waals surface area contributed by atoms with Crippen LogP contribution in [0.5, 0.6) is 11.5 Å². The van der Waals surface area contributed by atoms with Crippen molar-refractivity contribution in [1.82, 2.24) is 4.57 Å². The highest BCUT2D eigenvalue weighted by molar-refractivity contribution is 9.10. The van der Waals surface area contributed by atoms with Crippen LogP contribution < -0.4 is 24.4 Å². The van der Waals surface area contributed by atoms with Crippen LogP contribution in [0.4, 0.5) is 0 Å². The van der Waals surface area contributed by atoms with E-state index in [4.69, 9.17) is 25.8 Å². The molecule has 1 atom stereocenters. The number of aromatic nitrogens is 1. The molecule has 0 saturated carbocycles. The van der Waals surface area contributed by atoms with Crippen LogP contribution in [-0.4, -0.2) is 24.3 Å². The molecule has 7 nitrogen and oxygen atoms in total. The van der Waals surface area contributed by atoms with E-state index in [1.54, 1.807) is 31.6 Å². The van der Waals surface area contributed by atoms with Crippen molar-refractivity contribution in [2.24, 2.45) is 4.99 Å². The Morgan fingerprint density at radius 3 is 2.45 bits per heavy atom. The molecule has 0 amide bonds. The third-order valence-corrected chi connectivity index (χ3v) is 9.04. The van der Waals surface area contributed by atoms with Gasteiger partial charge in [0, 0.05) is 5.02 Å². The molecule has 0 spiro atoms. The van der Waals surface area contributed by atoms with Gasteiger partial charge in [-0.1, -0.05) is 47.2 Å². The number of methoxy groups -OCH3 is 1. The first kappa shape index (κ1) is 30.3. The maximum atomic E-state index is 13.9. The Morgan fingerprint density at radius 1 is 1.07 bits per heavy atom. The van der Waals surface area contributed by atoms with Crippen molar-refractivity contribution in [3.8, 4) is 11.5 Å². The number of hydrogen-bond acceptors (Lipinski definition) is 7. The van der Waals surface area contributed by atoms with Crippen molar-refractivity contribution in [3.05, 3.63) is 122 Å². The quantitative estimate of drug-likeness (QED) is 0.192. The zero-order chi connectivity index (χ0) is 30.0. The molecule has 0 radical (unpaired) electrons. The zero-order valence-corrected chi connectivity index (χ0v) is 27.6.